The lowest BCUT2D eigenvalue weighted by molar-refractivity contribution is 0.294. The number of aromatic nitrogens is 6. The number of nitrogens with two attached hydrogens (primary N) is 1. The maximum Gasteiger partial charge on any atom is 0.164 e. The molecule has 5 aromatic rings. The number of nitrogen functional groups attached to an aromatic ring is 1. The number of anilines is 1. The second kappa shape index (κ2) is 9.97. The van der Waals surface area contributed by atoms with Crippen molar-refractivity contribution < 1.29 is 13.9 Å². The van der Waals surface area contributed by atoms with E-state index in [1.54, 1.807) is 24.7 Å². The summed E-state index contributed by atoms with van der Waals surface area (Å²) >= 11 is 0. The van der Waals surface area contributed by atoms with Crippen LogP contribution in [0, 0.1) is 5.82 Å². The number of hydrogen-bond acceptors (Lipinski definition) is 7. The topological polar surface area (TPSA) is 106 Å². The van der Waals surface area contributed by atoms with Crippen molar-refractivity contribution in [2.45, 2.75) is 33.4 Å². The Kier molecular flexibility index (Phi) is 6.54. The van der Waals surface area contributed by atoms with Crippen molar-refractivity contribution in [3.05, 3.63) is 78.9 Å². The minimum Gasteiger partial charge on any atom is -0.487 e. The molecule has 0 spiro atoms. The molecular weight excluding hydrogens is 485 g/mol. The highest BCUT2D eigenvalue weighted by molar-refractivity contribution is 6.00. The van der Waals surface area contributed by atoms with E-state index in [-0.39, 0.29) is 12.6 Å². The predicted octanol–water partition coefficient (Wildman–Crippen LogP) is 5.93. The highest BCUT2D eigenvalue weighted by Gasteiger charge is 2.21. The van der Waals surface area contributed by atoms with Gasteiger partial charge in [0.15, 0.2) is 5.65 Å². The Bertz CT molecular complexity index is 1650. The number of rotatable bonds is 8. The van der Waals surface area contributed by atoms with Crippen molar-refractivity contribution in [3.8, 4) is 28.5 Å². The first kappa shape index (κ1) is 24.9. The number of aryl methyl sites for hydroxylation is 1. The number of nitrogens with zero attached hydrogens (tertiary/aromatic N) is 6. The molecule has 0 amide bonds. The summed E-state index contributed by atoms with van der Waals surface area (Å²) < 4.78 is 29.9. The van der Waals surface area contributed by atoms with E-state index in [0.29, 0.717) is 39.8 Å². The first-order chi connectivity index (χ1) is 18.2. The van der Waals surface area contributed by atoms with Crippen molar-refractivity contribution in [3.63, 3.8) is 0 Å². The fourth-order valence-electron chi connectivity index (χ4n) is 4.19. The van der Waals surface area contributed by atoms with Crippen molar-refractivity contribution in [1.29, 1.82) is 0 Å². The third-order valence-electron chi connectivity index (χ3n) is 6.10. The van der Waals surface area contributed by atoms with Gasteiger partial charge in [-0.2, -0.15) is 5.10 Å². The minimum absolute atomic E-state index is 0.0683. The maximum absolute atomic E-state index is 14.4. The van der Waals surface area contributed by atoms with Crippen LogP contribution in [-0.4, -0.2) is 29.3 Å². The smallest absolute Gasteiger partial charge is 0.164 e. The van der Waals surface area contributed by atoms with Gasteiger partial charge in [0.1, 0.15) is 47.5 Å². The summed E-state index contributed by atoms with van der Waals surface area (Å²) in [6.45, 7) is 10.3. The Labute approximate surface area is 219 Å². The number of imidazole rings is 1. The van der Waals surface area contributed by atoms with E-state index in [4.69, 9.17) is 20.3 Å². The molecule has 0 atom stereocenters. The largest absolute Gasteiger partial charge is 0.487 e. The fraction of sp³-hybridized carbons (Fsp3) is 0.214. The van der Waals surface area contributed by atoms with Crippen LogP contribution in [0.5, 0.6) is 17.2 Å². The van der Waals surface area contributed by atoms with Gasteiger partial charge in [-0.3, -0.25) is 0 Å². The van der Waals surface area contributed by atoms with Gasteiger partial charge >= 0.3 is 0 Å². The predicted molar refractivity (Wildman–Crippen MR) is 144 cm³/mol. The molecule has 194 valence electrons. The lowest BCUT2D eigenvalue weighted by Gasteiger charge is -2.13. The van der Waals surface area contributed by atoms with E-state index < -0.39 is 5.82 Å². The Balaban J connectivity index is 1.48. The summed E-state index contributed by atoms with van der Waals surface area (Å²) in [5, 5.41) is 5.51. The van der Waals surface area contributed by atoms with Crippen LogP contribution in [0.2, 0.25) is 0 Å². The molecular formula is C28H28FN7O2. The van der Waals surface area contributed by atoms with Gasteiger partial charge in [-0.05, 0) is 44.5 Å². The van der Waals surface area contributed by atoms with Crippen LogP contribution in [0.25, 0.3) is 27.9 Å². The molecule has 0 aliphatic rings. The molecule has 5 rings (SSSR count). The molecule has 10 heteroatoms. The summed E-state index contributed by atoms with van der Waals surface area (Å²) in [4.78, 5) is 12.7. The lowest BCUT2D eigenvalue weighted by atomic mass is 9.98. The molecule has 0 radical (unpaired) electrons. The molecule has 3 heterocycles. The highest BCUT2D eigenvalue weighted by atomic mass is 19.1. The maximum atomic E-state index is 14.4. The van der Waals surface area contributed by atoms with E-state index in [2.05, 4.69) is 21.5 Å². The van der Waals surface area contributed by atoms with E-state index in [9.17, 15) is 4.39 Å². The van der Waals surface area contributed by atoms with Gasteiger partial charge in [0, 0.05) is 36.9 Å². The molecule has 0 saturated heterocycles. The fourth-order valence-corrected chi connectivity index (χ4v) is 4.19. The van der Waals surface area contributed by atoms with E-state index >= 15 is 0 Å². The molecule has 0 saturated carbocycles. The number of benzene rings is 2. The van der Waals surface area contributed by atoms with Gasteiger partial charge < -0.3 is 19.8 Å². The summed E-state index contributed by atoms with van der Waals surface area (Å²) in [7, 11) is 1.87. The first-order valence-electron chi connectivity index (χ1n) is 12.1. The van der Waals surface area contributed by atoms with E-state index in [1.165, 1.54) is 18.5 Å². The van der Waals surface area contributed by atoms with Crippen molar-refractivity contribution >= 4 is 22.4 Å². The van der Waals surface area contributed by atoms with Gasteiger partial charge in [0.25, 0.3) is 0 Å². The molecule has 2 N–H and O–H groups in total. The Morgan fingerprint density at radius 1 is 1.11 bits per heavy atom. The molecule has 3 aromatic heterocycles. The average molecular weight is 514 g/mol. The Hall–Kier alpha value is -4.73. The van der Waals surface area contributed by atoms with Crippen LogP contribution < -0.4 is 15.2 Å². The van der Waals surface area contributed by atoms with Crippen LogP contribution in [0.3, 0.4) is 0 Å². The molecule has 0 aliphatic heterocycles. The highest BCUT2D eigenvalue weighted by Crippen LogP contribution is 2.38. The summed E-state index contributed by atoms with van der Waals surface area (Å²) in [5.74, 6) is 1.03. The third-order valence-corrected chi connectivity index (χ3v) is 6.10. The van der Waals surface area contributed by atoms with Crippen LogP contribution in [0.4, 0.5) is 10.2 Å². The van der Waals surface area contributed by atoms with Crippen LogP contribution in [-0.2, 0) is 13.7 Å². The van der Waals surface area contributed by atoms with Crippen LogP contribution >= 0.6 is 0 Å². The molecule has 9 nitrogen and oxygen atoms in total. The zero-order valence-corrected chi connectivity index (χ0v) is 21.6. The summed E-state index contributed by atoms with van der Waals surface area (Å²) in [6.07, 6.45) is 4.82. The van der Waals surface area contributed by atoms with Gasteiger partial charge in [-0.15, -0.1) is 0 Å². The number of hydrogen-bond donors (Lipinski definition) is 1. The number of ether oxygens (including phenoxy) is 2. The van der Waals surface area contributed by atoms with E-state index in [1.807, 2.05) is 49.2 Å². The monoisotopic (exact) mass is 513 g/mol. The minimum atomic E-state index is -0.472. The Morgan fingerprint density at radius 2 is 1.89 bits per heavy atom. The third kappa shape index (κ3) is 4.80. The van der Waals surface area contributed by atoms with Crippen LogP contribution in [0.1, 0.15) is 38.1 Å². The number of allylic oxidation sites excluding steroid dienone is 1. The molecule has 38 heavy (non-hydrogen) atoms. The molecule has 2 aromatic carbocycles. The Morgan fingerprint density at radius 3 is 2.61 bits per heavy atom. The molecule has 0 aliphatic carbocycles. The zero-order valence-electron chi connectivity index (χ0n) is 21.6. The van der Waals surface area contributed by atoms with Crippen molar-refractivity contribution in [1.82, 2.24) is 29.3 Å². The first-order valence-corrected chi connectivity index (χ1v) is 12.1. The SMILES string of the molecule is C=C(C)c1cc(Oc2cc(F)cc(OCc3cncn3C)c2)ccc1-c1nn(C(C)C)c2ncnc(N)c12. The second-order valence-corrected chi connectivity index (χ2v) is 9.34. The molecule has 0 unspecified atom stereocenters. The normalized spacial score (nSPS) is 11.3. The van der Waals surface area contributed by atoms with Gasteiger partial charge in [-0.25, -0.2) is 24.0 Å². The molecule has 0 bridgehead atoms. The average Bonchev–Trinajstić information content (AvgIpc) is 3.46. The van der Waals surface area contributed by atoms with Gasteiger partial charge in [-0.1, -0.05) is 12.2 Å². The van der Waals surface area contributed by atoms with Crippen LogP contribution in [0.15, 0.2) is 61.8 Å². The number of halogens is 1. The summed E-state index contributed by atoms with van der Waals surface area (Å²) in [6, 6.07) is 9.86. The number of fused-ring (bicyclic) bond motifs is 1. The lowest BCUT2D eigenvalue weighted by Crippen LogP contribution is -2.04. The van der Waals surface area contributed by atoms with E-state index in [0.717, 1.165) is 22.4 Å². The van der Waals surface area contributed by atoms with Crippen molar-refractivity contribution in [2.75, 3.05) is 5.73 Å². The standard InChI is InChI=1S/C28H28FN7O2/c1-16(2)24-11-20(38-22-9-18(29)8-21(10-22)37-13-19-12-31-15-35(19)5)6-7-23(24)26-25-27(30)32-14-33-28(25)36(34-26)17(3)4/h6-12,14-15,17H,1,13H2,2-5H3,(H2,30,32,33). The van der Waals surface area contributed by atoms with Gasteiger partial charge in [0.2, 0.25) is 0 Å². The van der Waals surface area contributed by atoms with Crippen molar-refractivity contribution in [2.24, 2.45) is 7.05 Å². The second-order valence-electron chi connectivity index (χ2n) is 9.34. The molecule has 0 fully saturated rings. The summed E-state index contributed by atoms with van der Waals surface area (Å²) in [5.41, 5.74) is 10.9. The quantitative estimate of drug-likeness (QED) is 0.274. The van der Waals surface area contributed by atoms with Gasteiger partial charge in [0.05, 0.1) is 23.6 Å². The zero-order chi connectivity index (χ0) is 27.0.